The van der Waals surface area contributed by atoms with Crippen molar-refractivity contribution in [3.05, 3.63) is 40.5 Å². The predicted octanol–water partition coefficient (Wildman–Crippen LogP) is 2.30. The van der Waals surface area contributed by atoms with Crippen molar-refractivity contribution in [1.82, 2.24) is 0 Å². The molecule has 4 atom stereocenters. The number of benzene rings is 1. The lowest BCUT2D eigenvalue weighted by atomic mass is 9.85. The summed E-state index contributed by atoms with van der Waals surface area (Å²) in [6.07, 6.45) is 6.34. The quantitative estimate of drug-likeness (QED) is 0.364. The van der Waals surface area contributed by atoms with E-state index in [1.165, 1.54) is 25.3 Å². The van der Waals surface area contributed by atoms with E-state index in [0.29, 0.717) is 0 Å². The summed E-state index contributed by atoms with van der Waals surface area (Å²) in [5, 5.41) is 11.1. The molecule has 2 bridgehead atoms. The Morgan fingerprint density at radius 1 is 1.16 bits per heavy atom. The number of imide groups is 1. The summed E-state index contributed by atoms with van der Waals surface area (Å²) in [6, 6.07) is 3.98. The predicted molar refractivity (Wildman–Crippen MR) is 86.9 cm³/mol. The summed E-state index contributed by atoms with van der Waals surface area (Å²) in [7, 11) is 1.42. The van der Waals surface area contributed by atoms with Crippen LogP contribution in [0.1, 0.15) is 12.8 Å². The van der Waals surface area contributed by atoms with Gasteiger partial charge in [-0.1, -0.05) is 12.2 Å². The molecule has 5 rings (SSSR count). The first-order valence-corrected chi connectivity index (χ1v) is 8.38. The van der Waals surface area contributed by atoms with Crippen LogP contribution in [0.5, 0.6) is 5.75 Å². The van der Waals surface area contributed by atoms with Crippen molar-refractivity contribution in [2.75, 3.05) is 12.0 Å². The van der Waals surface area contributed by atoms with E-state index < -0.39 is 4.92 Å². The average Bonchev–Trinajstić information content (AvgIpc) is 3.19. The third-order valence-electron chi connectivity index (χ3n) is 6.47. The summed E-state index contributed by atoms with van der Waals surface area (Å²) < 4.78 is 5.25. The van der Waals surface area contributed by atoms with Gasteiger partial charge in [0.05, 0.1) is 23.9 Å². The highest BCUT2D eigenvalue weighted by atomic mass is 16.6. The number of nitrogens with zero attached hydrogens (tertiary/aromatic N) is 2. The van der Waals surface area contributed by atoms with Crippen LogP contribution in [-0.4, -0.2) is 23.8 Å². The maximum Gasteiger partial charge on any atom is 0.271 e. The molecule has 1 aromatic carbocycles. The number of rotatable bonds is 3. The van der Waals surface area contributed by atoms with Gasteiger partial charge in [0.2, 0.25) is 11.8 Å². The molecule has 3 aliphatic carbocycles. The van der Waals surface area contributed by atoms with Crippen molar-refractivity contribution >= 4 is 23.2 Å². The number of non-ortho nitro benzene ring substituents is 1. The van der Waals surface area contributed by atoms with Gasteiger partial charge >= 0.3 is 0 Å². The Hall–Kier alpha value is -2.70. The van der Waals surface area contributed by atoms with Gasteiger partial charge < -0.3 is 4.74 Å². The van der Waals surface area contributed by atoms with Gasteiger partial charge in [-0.05, 0) is 36.2 Å². The first-order valence-electron chi connectivity index (χ1n) is 8.38. The molecule has 1 heterocycles. The molecule has 128 valence electrons. The van der Waals surface area contributed by atoms with Gasteiger partial charge in [0.25, 0.3) is 5.69 Å². The van der Waals surface area contributed by atoms with Crippen LogP contribution in [0.4, 0.5) is 11.4 Å². The second-order valence-corrected chi connectivity index (χ2v) is 7.35. The number of amides is 2. The smallest absolute Gasteiger partial charge is 0.271 e. The van der Waals surface area contributed by atoms with Gasteiger partial charge in [-0.2, -0.15) is 0 Å². The first-order chi connectivity index (χ1) is 12.0. The topological polar surface area (TPSA) is 89.8 Å². The molecule has 0 N–H and O–H groups in total. The molecule has 1 aromatic rings. The molecule has 0 aromatic heterocycles. The summed E-state index contributed by atoms with van der Waals surface area (Å²) in [6.45, 7) is 0. The second-order valence-electron chi connectivity index (χ2n) is 7.35. The van der Waals surface area contributed by atoms with E-state index >= 15 is 0 Å². The van der Waals surface area contributed by atoms with E-state index in [9.17, 15) is 19.7 Å². The number of nitro groups is 1. The Balaban J connectivity index is 1.59. The van der Waals surface area contributed by atoms with Crippen LogP contribution in [0, 0.1) is 39.2 Å². The number of hydrogen-bond acceptors (Lipinski definition) is 5. The standard InChI is InChI=1S/C18H16N2O5/c1-25-13-5-2-9(20(23)24)8-12(13)19-16(21)14-10-3-4-11(15(14)17(19)22)18(10)6-7-18/h2-5,8,10-11,14-15H,6-7H2,1H3/t10-,11+,14-,15+. The van der Waals surface area contributed by atoms with Crippen LogP contribution in [0.2, 0.25) is 0 Å². The zero-order valence-corrected chi connectivity index (χ0v) is 13.5. The highest BCUT2D eigenvalue weighted by Gasteiger charge is 2.73. The zero-order valence-electron chi connectivity index (χ0n) is 13.5. The minimum atomic E-state index is -0.542. The third kappa shape index (κ3) is 1.61. The molecule has 7 nitrogen and oxygen atoms in total. The minimum Gasteiger partial charge on any atom is -0.495 e. The molecule has 2 saturated carbocycles. The number of ether oxygens (including phenoxy) is 1. The van der Waals surface area contributed by atoms with Gasteiger partial charge in [-0.3, -0.25) is 19.7 Å². The molecule has 2 amide bonds. The monoisotopic (exact) mass is 340 g/mol. The number of fused-ring (bicyclic) bond motifs is 3. The van der Waals surface area contributed by atoms with Crippen LogP contribution >= 0.6 is 0 Å². The van der Waals surface area contributed by atoms with E-state index in [1.807, 2.05) is 0 Å². The maximum atomic E-state index is 13.1. The first kappa shape index (κ1) is 14.6. The van der Waals surface area contributed by atoms with Gasteiger partial charge in [0, 0.05) is 12.1 Å². The molecule has 4 aliphatic rings. The zero-order chi connectivity index (χ0) is 17.5. The molecular formula is C18H16N2O5. The number of anilines is 1. The molecule has 1 aliphatic heterocycles. The van der Waals surface area contributed by atoms with E-state index in [2.05, 4.69) is 12.2 Å². The number of hydrogen-bond donors (Lipinski definition) is 0. The fourth-order valence-electron chi connectivity index (χ4n) is 5.28. The highest BCUT2D eigenvalue weighted by Crippen LogP contribution is 2.73. The average molecular weight is 340 g/mol. The van der Waals surface area contributed by atoms with Gasteiger partial charge in [0.15, 0.2) is 0 Å². The van der Waals surface area contributed by atoms with E-state index in [4.69, 9.17) is 4.74 Å². The van der Waals surface area contributed by atoms with Gasteiger partial charge in [0.1, 0.15) is 11.4 Å². The van der Waals surface area contributed by atoms with E-state index in [1.54, 1.807) is 0 Å². The maximum absolute atomic E-state index is 13.1. The lowest BCUT2D eigenvalue weighted by Crippen LogP contribution is -2.35. The molecule has 0 radical (unpaired) electrons. The third-order valence-corrected chi connectivity index (χ3v) is 6.47. The molecule has 1 spiro atoms. The van der Waals surface area contributed by atoms with Gasteiger partial charge in [-0.25, -0.2) is 4.90 Å². The van der Waals surface area contributed by atoms with Crippen LogP contribution in [-0.2, 0) is 9.59 Å². The SMILES string of the molecule is COc1ccc([N+](=O)[O-])cc1N1C(=O)[C@@H]2[C@H](C1=O)[C@H]1C=C[C@@H]2C12CC2. The Kier molecular flexibility index (Phi) is 2.62. The largest absolute Gasteiger partial charge is 0.495 e. The Morgan fingerprint density at radius 3 is 2.24 bits per heavy atom. The highest BCUT2D eigenvalue weighted by molar-refractivity contribution is 6.23. The normalized spacial score (nSPS) is 33.2. The summed E-state index contributed by atoms with van der Waals surface area (Å²) >= 11 is 0. The number of nitro benzene ring substituents is 1. The van der Waals surface area contributed by atoms with Gasteiger partial charge in [-0.15, -0.1) is 0 Å². The summed E-state index contributed by atoms with van der Waals surface area (Å²) in [5.41, 5.74) is 0.123. The van der Waals surface area contributed by atoms with Crippen molar-refractivity contribution in [2.24, 2.45) is 29.1 Å². The van der Waals surface area contributed by atoms with Crippen LogP contribution in [0.3, 0.4) is 0 Å². The summed E-state index contributed by atoms with van der Waals surface area (Å²) in [4.78, 5) is 37.9. The second kappa shape index (κ2) is 4.47. The van der Waals surface area contributed by atoms with Crippen molar-refractivity contribution in [3.8, 4) is 5.75 Å². The molecule has 7 heteroatoms. The van der Waals surface area contributed by atoms with E-state index in [-0.39, 0.29) is 58.0 Å². The Bertz CT molecular complexity index is 838. The van der Waals surface area contributed by atoms with Crippen molar-refractivity contribution in [1.29, 1.82) is 0 Å². The lowest BCUT2D eigenvalue weighted by molar-refractivity contribution is -0.384. The fraction of sp³-hybridized carbons (Fsp3) is 0.444. The van der Waals surface area contributed by atoms with Crippen LogP contribution in [0.15, 0.2) is 30.4 Å². The fourth-order valence-corrected chi connectivity index (χ4v) is 5.28. The summed E-state index contributed by atoms with van der Waals surface area (Å²) in [5.74, 6) is -0.659. The minimum absolute atomic E-state index is 0.119. The number of allylic oxidation sites excluding steroid dienone is 2. The molecule has 25 heavy (non-hydrogen) atoms. The van der Waals surface area contributed by atoms with Crippen LogP contribution in [0.25, 0.3) is 0 Å². The van der Waals surface area contributed by atoms with Crippen molar-refractivity contribution in [3.63, 3.8) is 0 Å². The van der Waals surface area contributed by atoms with E-state index in [0.717, 1.165) is 17.7 Å². The van der Waals surface area contributed by atoms with Crippen molar-refractivity contribution < 1.29 is 19.2 Å². The van der Waals surface area contributed by atoms with Crippen molar-refractivity contribution in [2.45, 2.75) is 12.8 Å². The molecule has 3 fully saturated rings. The Labute approximate surface area is 143 Å². The van der Waals surface area contributed by atoms with Crippen LogP contribution < -0.4 is 9.64 Å². The number of methoxy groups -OCH3 is 1. The number of carbonyl (C=O) groups is 2. The molecule has 0 unspecified atom stereocenters. The Morgan fingerprint density at radius 2 is 1.76 bits per heavy atom. The molecular weight excluding hydrogens is 324 g/mol. The number of carbonyl (C=O) groups excluding carboxylic acids is 2. The molecule has 1 saturated heterocycles. The lowest BCUT2D eigenvalue weighted by Gasteiger charge is -2.22.